The summed E-state index contributed by atoms with van der Waals surface area (Å²) >= 11 is 6.39. The van der Waals surface area contributed by atoms with Gasteiger partial charge in [-0.05, 0) is 23.8 Å². The van der Waals surface area contributed by atoms with Crippen LogP contribution in [0.4, 0.5) is 4.39 Å². The number of ether oxygens (including phenoxy) is 1. The van der Waals surface area contributed by atoms with E-state index in [0.717, 1.165) is 5.56 Å². The number of carbonyl (C=O) groups is 2. The third kappa shape index (κ3) is 5.09. The van der Waals surface area contributed by atoms with Gasteiger partial charge in [0.05, 0.1) is 7.11 Å². The fraction of sp³-hybridized carbons (Fsp3) is 0.364. The van der Waals surface area contributed by atoms with E-state index >= 15 is 0 Å². The molecule has 2 atom stereocenters. The number of amides is 2. The van der Waals surface area contributed by atoms with Crippen LogP contribution in [-0.2, 0) is 16.1 Å². The van der Waals surface area contributed by atoms with Gasteiger partial charge in [0.15, 0.2) is 0 Å². The number of hydrogen-bond donors (Lipinski definition) is 3. The minimum absolute atomic E-state index is 0.0503. The lowest BCUT2D eigenvalue weighted by Crippen LogP contribution is -2.47. The molecule has 1 saturated heterocycles. The highest BCUT2D eigenvalue weighted by Crippen LogP contribution is 2.31. The molecule has 30 heavy (non-hydrogen) atoms. The van der Waals surface area contributed by atoms with E-state index in [1.165, 1.54) is 13.2 Å². The first-order valence-electron chi connectivity index (χ1n) is 9.73. The number of rotatable bonds is 6. The Morgan fingerprint density at radius 1 is 1.27 bits per heavy atom. The number of hydrogen-bond acceptors (Lipinski definition) is 4. The Labute approximate surface area is 180 Å². The van der Waals surface area contributed by atoms with E-state index in [4.69, 9.17) is 16.3 Å². The molecule has 3 N–H and O–H groups in total. The molecular formula is C22H25ClFN3O3. The predicted octanol–water partition coefficient (Wildman–Crippen LogP) is 3.61. The fourth-order valence-electron chi connectivity index (χ4n) is 3.31. The van der Waals surface area contributed by atoms with Gasteiger partial charge >= 0.3 is 0 Å². The lowest BCUT2D eigenvalue weighted by atomic mass is 9.97. The van der Waals surface area contributed by atoms with Crippen molar-refractivity contribution in [2.75, 3.05) is 7.11 Å². The van der Waals surface area contributed by atoms with Crippen LogP contribution in [0.1, 0.15) is 49.2 Å². The van der Waals surface area contributed by atoms with Crippen LogP contribution in [0.3, 0.4) is 0 Å². The summed E-state index contributed by atoms with van der Waals surface area (Å²) in [5, 5.41) is 9.44. The lowest BCUT2D eigenvalue weighted by molar-refractivity contribution is -0.125. The Kier molecular flexibility index (Phi) is 6.95. The van der Waals surface area contributed by atoms with Gasteiger partial charge in [-0.3, -0.25) is 14.9 Å². The van der Waals surface area contributed by atoms with Crippen LogP contribution >= 0.6 is 11.6 Å². The van der Waals surface area contributed by atoms with Crippen molar-refractivity contribution in [1.82, 2.24) is 16.0 Å². The molecule has 1 aliphatic rings. The molecule has 8 heteroatoms. The van der Waals surface area contributed by atoms with E-state index in [0.29, 0.717) is 28.4 Å². The van der Waals surface area contributed by atoms with E-state index in [2.05, 4.69) is 16.0 Å². The molecule has 2 aromatic carbocycles. The quantitative estimate of drug-likeness (QED) is 0.650. The summed E-state index contributed by atoms with van der Waals surface area (Å²) in [6, 6.07) is 9.41. The Morgan fingerprint density at radius 2 is 2.03 bits per heavy atom. The highest BCUT2D eigenvalue weighted by Gasteiger charge is 2.30. The summed E-state index contributed by atoms with van der Waals surface area (Å²) in [4.78, 5) is 24.2. The van der Waals surface area contributed by atoms with Crippen molar-refractivity contribution in [1.29, 1.82) is 0 Å². The topological polar surface area (TPSA) is 79.5 Å². The summed E-state index contributed by atoms with van der Waals surface area (Å²) in [6.45, 7) is 3.99. The standard InChI is InChI=1S/C22H25ClFN3O3/c1-12(2)22(29)25-11-13-4-7-17(23)16(8-13)21-26-19(10-20(28)27-21)15-6-5-14(30-3)9-18(15)24/h4-9,12,19,21,26H,10-11H2,1-3H3,(H,25,29)(H,27,28). The molecule has 1 aliphatic heterocycles. The van der Waals surface area contributed by atoms with Crippen LogP contribution in [0, 0.1) is 11.7 Å². The first-order valence-corrected chi connectivity index (χ1v) is 10.1. The number of halogens is 2. The number of benzene rings is 2. The van der Waals surface area contributed by atoms with Gasteiger partial charge in [0.25, 0.3) is 0 Å². The van der Waals surface area contributed by atoms with Crippen LogP contribution in [0.25, 0.3) is 0 Å². The molecule has 0 spiro atoms. The zero-order valence-electron chi connectivity index (χ0n) is 17.1. The second-order valence-corrected chi connectivity index (χ2v) is 7.95. The van der Waals surface area contributed by atoms with Gasteiger partial charge in [-0.25, -0.2) is 4.39 Å². The van der Waals surface area contributed by atoms with E-state index in [-0.39, 0.29) is 24.2 Å². The first-order chi connectivity index (χ1) is 14.3. The van der Waals surface area contributed by atoms with Crippen molar-refractivity contribution >= 4 is 23.4 Å². The van der Waals surface area contributed by atoms with Crippen LogP contribution in [0.2, 0.25) is 5.02 Å². The lowest BCUT2D eigenvalue weighted by Gasteiger charge is -2.33. The molecule has 2 unspecified atom stereocenters. The predicted molar refractivity (Wildman–Crippen MR) is 112 cm³/mol. The van der Waals surface area contributed by atoms with Gasteiger partial charge in [0.1, 0.15) is 17.7 Å². The van der Waals surface area contributed by atoms with Crippen LogP contribution in [-0.4, -0.2) is 18.9 Å². The zero-order chi connectivity index (χ0) is 21.8. The Balaban J connectivity index is 1.82. The second-order valence-electron chi connectivity index (χ2n) is 7.54. The summed E-state index contributed by atoms with van der Waals surface area (Å²) in [7, 11) is 1.47. The van der Waals surface area contributed by atoms with E-state index in [9.17, 15) is 14.0 Å². The molecular weight excluding hydrogens is 409 g/mol. The van der Waals surface area contributed by atoms with Crippen molar-refractivity contribution in [3.05, 3.63) is 63.9 Å². The summed E-state index contributed by atoms with van der Waals surface area (Å²) < 4.78 is 19.6. The Hall–Kier alpha value is -2.64. The zero-order valence-corrected chi connectivity index (χ0v) is 17.8. The van der Waals surface area contributed by atoms with Crippen LogP contribution in [0.5, 0.6) is 5.75 Å². The molecule has 2 aromatic rings. The first kappa shape index (κ1) is 22.1. The molecule has 0 aromatic heterocycles. The smallest absolute Gasteiger partial charge is 0.223 e. The third-order valence-corrected chi connectivity index (χ3v) is 5.35. The SMILES string of the molecule is COc1ccc(C2CC(=O)NC(c3cc(CNC(=O)C(C)C)ccc3Cl)N2)c(F)c1. The van der Waals surface area contributed by atoms with Gasteiger partial charge in [0, 0.05) is 47.1 Å². The molecule has 6 nitrogen and oxygen atoms in total. The maximum absolute atomic E-state index is 14.5. The minimum Gasteiger partial charge on any atom is -0.497 e. The van der Waals surface area contributed by atoms with Gasteiger partial charge in [-0.15, -0.1) is 0 Å². The molecule has 2 amide bonds. The van der Waals surface area contributed by atoms with Crippen molar-refractivity contribution in [3.63, 3.8) is 0 Å². The number of nitrogens with one attached hydrogen (secondary N) is 3. The molecule has 0 radical (unpaired) electrons. The summed E-state index contributed by atoms with van der Waals surface area (Å²) in [5.74, 6) is -0.417. The summed E-state index contributed by atoms with van der Waals surface area (Å²) in [5.41, 5.74) is 1.88. The van der Waals surface area contributed by atoms with E-state index < -0.39 is 18.0 Å². The number of carbonyl (C=O) groups excluding carboxylic acids is 2. The average Bonchev–Trinajstić information content (AvgIpc) is 2.72. The van der Waals surface area contributed by atoms with Gasteiger partial charge in [-0.2, -0.15) is 0 Å². The highest BCUT2D eigenvalue weighted by molar-refractivity contribution is 6.31. The second kappa shape index (κ2) is 9.45. The normalized spacial score (nSPS) is 18.8. The highest BCUT2D eigenvalue weighted by atomic mass is 35.5. The molecule has 0 saturated carbocycles. The van der Waals surface area contributed by atoms with Crippen molar-refractivity contribution in [3.8, 4) is 5.75 Å². The molecule has 1 heterocycles. The maximum Gasteiger partial charge on any atom is 0.223 e. The molecule has 3 rings (SSSR count). The van der Waals surface area contributed by atoms with Crippen LogP contribution < -0.4 is 20.7 Å². The maximum atomic E-state index is 14.5. The summed E-state index contributed by atoms with van der Waals surface area (Å²) in [6.07, 6.45) is -0.493. The number of methoxy groups -OCH3 is 1. The van der Waals surface area contributed by atoms with Crippen molar-refractivity contribution in [2.45, 2.75) is 39.0 Å². The van der Waals surface area contributed by atoms with Gasteiger partial charge < -0.3 is 15.4 Å². The molecule has 160 valence electrons. The van der Waals surface area contributed by atoms with Crippen molar-refractivity contribution < 1.29 is 18.7 Å². The van der Waals surface area contributed by atoms with E-state index in [1.807, 2.05) is 26.0 Å². The monoisotopic (exact) mass is 433 g/mol. The Bertz CT molecular complexity index is 951. The molecule has 0 aliphatic carbocycles. The third-order valence-electron chi connectivity index (χ3n) is 5.01. The van der Waals surface area contributed by atoms with Crippen LogP contribution in [0.15, 0.2) is 36.4 Å². The largest absolute Gasteiger partial charge is 0.497 e. The molecule has 0 bridgehead atoms. The Morgan fingerprint density at radius 3 is 2.70 bits per heavy atom. The van der Waals surface area contributed by atoms with Crippen molar-refractivity contribution in [2.24, 2.45) is 5.92 Å². The molecule has 1 fully saturated rings. The fourth-order valence-corrected chi connectivity index (χ4v) is 3.54. The minimum atomic E-state index is -0.592. The van der Waals surface area contributed by atoms with E-state index in [1.54, 1.807) is 18.2 Å². The average molecular weight is 434 g/mol. The van der Waals surface area contributed by atoms with Gasteiger partial charge in [0.2, 0.25) is 11.8 Å². The van der Waals surface area contributed by atoms with Gasteiger partial charge in [-0.1, -0.05) is 37.6 Å².